The van der Waals surface area contributed by atoms with Crippen molar-refractivity contribution >= 4 is 11.8 Å². The first kappa shape index (κ1) is 16.9. The van der Waals surface area contributed by atoms with E-state index in [-0.39, 0.29) is 24.3 Å². The van der Waals surface area contributed by atoms with E-state index in [1.165, 1.54) is 7.11 Å². The number of methoxy groups -OCH3 is 1. The number of ether oxygens (including phenoxy) is 1. The van der Waals surface area contributed by atoms with Crippen molar-refractivity contribution in [3.8, 4) is 0 Å². The highest BCUT2D eigenvalue weighted by Crippen LogP contribution is 2.19. The van der Waals surface area contributed by atoms with Gasteiger partial charge in [-0.15, -0.1) is 0 Å². The molecule has 2 unspecified atom stereocenters. The molecule has 0 saturated carbocycles. The number of hydrogen-bond acceptors (Lipinski definition) is 4. The second-order valence-corrected chi connectivity index (χ2v) is 5.78. The van der Waals surface area contributed by atoms with Gasteiger partial charge < -0.3 is 20.1 Å². The molecule has 1 aliphatic heterocycles. The van der Waals surface area contributed by atoms with Gasteiger partial charge in [-0.2, -0.15) is 0 Å². The first-order chi connectivity index (χ1) is 9.43. The van der Waals surface area contributed by atoms with E-state index >= 15 is 0 Å². The zero-order valence-electron chi connectivity index (χ0n) is 12.6. The second-order valence-electron chi connectivity index (χ2n) is 5.78. The Labute approximate surface area is 120 Å². The van der Waals surface area contributed by atoms with Crippen LogP contribution in [-0.2, 0) is 14.3 Å². The average molecular weight is 286 g/mol. The predicted octanol–water partition coefficient (Wildman–Crippen LogP) is 0.00450. The van der Waals surface area contributed by atoms with Crippen LogP contribution in [0, 0.1) is 11.8 Å². The standard InChI is InChI=1S/C14H26N2O4/c1-10(2)7-16-8-11(6-13(16)18)14(19)15-5-4-12(17)9-20-3/h10-12,17H,4-9H2,1-3H3,(H,15,19). The minimum Gasteiger partial charge on any atom is -0.391 e. The molecule has 0 bridgehead atoms. The highest BCUT2D eigenvalue weighted by Gasteiger charge is 2.34. The van der Waals surface area contributed by atoms with E-state index in [1.54, 1.807) is 4.90 Å². The molecular weight excluding hydrogens is 260 g/mol. The van der Waals surface area contributed by atoms with Gasteiger partial charge in [-0.3, -0.25) is 9.59 Å². The third-order valence-corrected chi connectivity index (χ3v) is 3.31. The molecule has 1 heterocycles. The number of nitrogens with one attached hydrogen (secondary N) is 1. The number of likely N-dealkylation sites (tertiary alicyclic amines) is 1. The van der Waals surface area contributed by atoms with E-state index in [9.17, 15) is 14.7 Å². The van der Waals surface area contributed by atoms with Crippen LogP contribution in [0.2, 0.25) is 0 Å². The third kappa shape index (κ3) is 5.46. The highest BCUT2D eigenvalue weighted by molar-refractivity contribution is 5.89. The Balaban J connectivity index is 2.29. The molecule has 1 saturated heterocycles. The lowest BCUT2D eigenvalue weighted by Gasteiger charge is -2.18. The molecule has 0 aromatic rings. The summed E-state index contributed by atoms with van der Waals surface area (Å²) < 4.78 is 4.81. The first-order valence-corrected chi connectivity index (χ1v) is 7.16. The summed E-state index contributed by atoms with van der Waals surface area (Å²) in [7, 11) is 1.52. The van der Waals surface area contributed by atoms with E-state index in [2.05, 4.69) is 19.2 Å². The summed E-state index contributed by atoms with van der Waals surface area (Å²) in [4.78, 5) is 25.5. The summed E-state index contributed by atoms with van der Waals surface area (Å²) in [5, 5.41) is 12.2. The monoisotopic (exact) mass is 286 g/mol. The van der Waals surface area contributed by atoms with Gasteiger partial charge in [-0.1, -0.05) is 13.8 Å². The van der Waals surface area contributed by atoms with Crippen LogP contribution in [0.15, 0.2) is 0 Å². The fourth-order valence-corrected chi connectivity index (χ4v) is 2.35. The minimum absolute atomic E-state index is 0.0540. The van der Waals surface area contributed by atoms with Crippen molar-refractivity contribution in [1.82, 2.24) is 10.2 Å². The van der Waals surface area contributed by atoms with E-state index in [1.807, 2.05) is 0 Å². The summed E-state index contributed by atoms with van der Waals surface area (Å²) in [6, 6.07) is 0. The van der Waals surface area contributed by atoms with Gasteiger partial charge in [0.25, 0.3) is 0 Å². The Morgan fingerprint density at radius 2 is 2.25 bits per heavy atom. The molecule has 2 amide bonds. The Bertz CT molecular complexity index is 333. The lowest BCUT2D eigenvalue weighted by Crippen LogP contribution is -2.35. The number of carbonyl (C=O) groups is 2. The van der Waals surface area contributed by atoms with Gasteiger partial charge in [0.05, 0.1) is 18.6 Å². The Kier molecular flexibility index (Phi) is 6.95. The van der Waals surface area contributed by atoms with Crippen molar-refractivity contribution in [3.63, 3.8) is 0 Å². The van der Waals surface area contributed by atoms with Crippen LogP contribution in [0.1, 0.15) is 26.7 Å². The zero-order chi connectivity index (χ0) is 15.1. The maximum atomic E-state index is 12.0. The summed E-state index contributed by atoms with van der Waals surface area (Å²) in [6.07, 6.45) is 0.178. The molecule has 116 valence electrons. The lowest BCUT2D eigenvalue weighted by atomic mass is 10.1. The topological polar surface area (TPSA) is 78.9 Å². The summed E-state index contributed by atoms with van der Waals surface area (Å²) in [5.74, 6) is 0.0956. The summed E-state index contributed by atoms with van der Waals surface area (Å²) in [5.41, 5.74) is 0. The van der Waals surface area contributed by atoms with Gasteiger partial charge in [0.15, 0.2) is 0 Å². The van der Waals surface area contributed by atoms with Gasteiger partial charge in [0.1, 0.15) is 0 Å². The van der Waals surface area contributed by atoms with E-state index in [0.717, 1.165) is 0 Å². The molecule has 0 spiro atoms. The fourth-order valence-electron chi connectivity index (χ4n) is 2.35. The average Bonchev–Trinajstić information content (AvgIpc) is 2.70. The van der Waals surface area contributed by atoms with Gasteiger partial charge in [-0.05, 0) is 12.3 Å². The molecule has 1 fully saturated rings. The van der Waals surface area contributed by atoms with E-state index in [4.69, 9.17) is 4.74 Å². The molecule has 20 heavy (non-hydrogen) atoms. The third-order valence-electron chi connectivity index (χ3n) is 3.31. The van der Waals surface area contributed by atoms with E-state index < -0.39 is 6.10 Å². The lowest BCUT2D eigenvalue weighted by molar-refractivity contribution is -0.129. The SMILES string of the molecule is COCC(O)CCNC(=O)C1CC(=O)N(CC(C)C)C1. The Morgan fingerprint density at radius 3 is 2.85 bits per heavy atom. The number of nitrogens with zero attached hydrogens (tertiary/aromatic N) is 1. The molecule has 1 rings (SSSR count). The number of aliphatic hydroxyl groups excluding tert-OH is 1. The van der Waals surface area contributed by atoms with E-state index in [0.29, 0.717) is 38.4 Å². The molecule has 0 radical (unpaired) electrons. The predicted molar refractivity (Wildman–Crippen MR) is 75.0 cm³/mol. The van der Waals surface area contributed by atoms with Crippen LogP contribution in [0.25, 0.3) is 0 Å². The Morgan fingerprint density at radius 1 is 1.55 bits per heavy atom. The molecule has 0 aromatic heterocycles. The maximum absolute atomic E-state index is 12.0. The number of hydrogen-bond donors (Lipinski definition) is 2. The molecule has 2 N–H and O–H groups in total. The van der Waals surface area contributed by atoms with Crippen LogP contribution in [0.3, 0.4) is 0 Å². The first-order valence-electron chi connectivity index (χ1n) is 7.16. The molecule has 6 nitrogen and oxygen atoms in total. The fraction of sp³-hybridized carbons (Fsp3) is 0.857. The number of rotatable bonds is 8. The smallest absolute Gasteiger partial charge is 0.225 e. The van der Waals surface area contributed by atoms with Gasteiger partial charge in [-0.25, -0.2) is 0 Å². The van der Waals surface area contributed by atoms with Crippen molar-refractivity contribution in [1.29, 1.82) is 0 Å². The zero-order valence-corrected chi connectivity index (χ0v) is 12.6. The maximum Gasteiger partial charge on any atom is 0.225 e. The van der Waals surface area contributed by atoms with Gasteiger partial charge in [0, 0.05) is 33.2 Å². The molecule has 0 aromatic carbocycles. The van der Waals surface area contributed by atoms with Gasteiger partial charge >= 0.3 is 0 Å². The highest BCUT2D eigenvalue weighted by atomic mass is 16.5. The van der Waals surface area contributed by atoms with Crippen molar-refractivity contribution in [2.24, 2.45) is 11.8 Å². The normalized spacial score (nSPS) is 20.6. The van der Waals surface area contributed by atoms with Crippen molar-refractivity contribution in [2.75, 3.05) is 33.4 Å². The minimum atomic E-state index is -0.567. The van der Waals surface area contributed by atoms with Crippen molar-refractivity contribution in [3.05, 3.63) is 0 Å². The Hall–Kier alpha value is -1.14. The summed E-state index contributed by atoms with van der Waals surface area (Å²) >= 11 is 0. The van der Waals surface area contributed by atoms with Crippen LogP contribution in [0.5, 0.6) is 0 Å². The number of aliphatic hydroxyl groups is 1. The van der Waals surface area contributed by atoms with Crippen molar-refractivity contribution in [2.45, 2.75) is 32.8 Å². The van der Waals surface area contributed by atoms with Crippen molar-refractivity contribution < 1.29 is 19.4 Å². The quantitative estimate of drug-likeness (QED) is 0.658. The number of carbonyl (C=O) groups excluding carboxylic acids is 2. The molecule has 0 aliphatic carbocycles. The molecule has 1 aliphatic rings. The van der Waals surface area contributed by atoms with Crippen LogP contribution in [0.4, 0.5) is 0 Å². The second kappa shape index (κ2) is 8.21. The van der Waals surface area contributed by atoms with Crippen LogP contribution >= 0.6 is 0 Å². The molecule has 6 heteroatoms. The van der Waals surface area contributed by atoms with Crippen LogP contribution < -0.4 is 5.32 Å². The summed E-state index contributed by atoms with van der Waals surface area (Å²) in [6.45, 7) is 5.98. The van der Waals surface area contributed by atoms with Crippen LogP contribution in [-0.4, -0.2) is 61.3 Å². The van der Waals surface area contributed by atoms with Gasteiger partial charge in [0.2, 0.25) is 11.8 Å². The largest absolute Gasteiger partial charge is 0.391 e. The number of amides is 2. The molecular formula is C14H26N2O4. The molecule has 2 atom stereocenters.